The zero-order valence-electron chi connectivity index (χ0n) is 12.6. The van der Waals surface area contributed by atoms with Crippen LogP contribution in [0, 0.1) is 18.3 Å². The molecular weight excluding hydrogens is 276 g/mol. The molecule has 1 N–H and O–H groups in total. The third-order valence-corrected chi connectivity index (χ3v) is 3.68. The van der Waals surface area contributed by atoms with Crippen LogP contribution in [-0.4, -0.2) is 14.4 Å². The first-order valence-electron chi connectivity index (χ1n) is 7.24. The Balaban J connectivity index is 2.14. The number of fused-ring (bicyclic) bond motifs is 1. The molecule has 0 saturated heterocycles. The molecule has 0 unspecified atom stereocenters. The summed E-state index contributed by atoms with van der Waals surface area (Å²) in [7, 11) is 0. The van der Waals surface area contributed by atoms with Crippen LogP contribution >= 0.6 is 0 Å². The van der Waals surface area contributed by atoms with E-state index in [-0.39, 0.29) is 11.1 Å². The van der Waals surface area contributed by atoms with E-state index in [0.29, 0.717) is 0 Å². The second kappa shape index (κ2) is 5.49. The number of nitriles is 1. The number of nitrogens with zero attached hydrogens (tertiary/aromatic N) is 3. The van der Waals surface area contributed by atoms with Crippen molar-refractivity contribution in [1.29, 1.82) is 5.26 Å². The molecule has 0 aliphatic heterocycles. The van der Waals surface area contributed by atoms with E-state index in [1.165, 1.54) is 0 Å². The average molecular weight is 292 g/mol. The van der Waals surface area contributed by atoms with Crippen molar-refractivity contribution in [3.05, 3.63) is 57.9 Å². The molecule has 5 nitrogen and oxygen atoms in total. The van der Waals surface area contributed by atoms with Crippen molar-refractivity contribution < 1.29 is 0 Å². The van der Waals surface area contributed by atoms with Gasteiger partial charge in [0, 0.05) is 29.2 Å². The smallest absolute Gasteiger partial charge is 0.266 e. The molecule has 0 bridgehead atoms. The van der Waals surface area contributed by atoms with Gasteiger partial charge in [0.05, 0.1) is 5.69 Å². The molecule has 0 saturated carbocycles. The molecule has 0 aliphatic rings. The minimum Gasteiger partial charge on any atom is -0.325 e. The summed E-state index contributed by atoms with van der Waals surface area (Å²) >= 11 is 0. The number of pyridine rings is 2. The van der Waals surface area contributed by atoms with Crippen molar-refractivity contribution in [2.45, 2.75) is 26.7 Å². The summed E-state index contributed by atoms with van der Waals surface area (Å²) in [4.78, 5) is 18.9. The van der Waals surface area contributed by atoms with Crippen molar-refractivity contribution in [1.82, 2.24) is 14.4 Å². The Morgan fingerprint density at radius 1 is 1.36 bits per heavy atom. The predicted molar refractivity (Wildman–Crippen MR) is 84.7 cm³/mol. The van der Waals surface area contributed by atoms with Gasteiger partial charge in [0.25, 0.3) is 5.56 Å². The number of imidazole rings is 1. The first kappa shape index (κ1) is 14.1. The van der Waals surface area contributed by atoms with Crippen molar-refractivity contribution in [2.24, 2.45) is 0 Å². The molecule has 3 rings (SSSR count). The lowest BCUT2D eigenvalue weighted by atomic mass is 10.0. The standard InChI is InChI=1S/C17H16N4O/c1-3-4-14-10-21-9-12(5-6-16(21)20-14)15-7-13(8-18)17(22)19-11(15)2/h5-7,9-10H,3-4H2,1-2H3,(H,19,22). The second-order valence-electron chi connectivity index (χ2n) is 5.33. The largest absolute Gasteiger partial charge is 0.325 e. The van der Waals surface area contributed by atoms with Crippen molar-refractivity contribution in [3.63, 3.8) is 0 Å². The van der Waals surface area contributed by atoms with Gasteiger partial charge in [-0.3, -0.25) is 4.79 Å². The highest BCUT2D eigenvalue weighted by Gasteiger charge is 2.09. The van der Waals surface area contributed by atoms with Crippen LogP contribution in [0.3, 0.4) is 0 Å². The summed E-state index contributed by atoms with van der Waals surface area (Å²) in [5.41, 5.74) is 4.28. The van der Waals surface area contributed by atoms with E-state index in [9.17, 15) is 4.79 Å². The Hall–Kier alpha value is -2.87. The van der Waals surface area contributed by atoms with Crippen LogP contribution in [0.15, 0.2) is 35.4 Å². The Morgan fingerprint density at radius 2 is 2.18 bits per heavy atom. The van der Waals surface area contributed by atoms with Crippen molar-refractivity contribution in [2.75, 3.05) is 0 Å². The normalized spacial score (nSPS) is 10.8. The fraction of sp³-hybridized carbons (Fsp3) is 0.235. The first-order valence-corrected chi connectivity index (χ1v) is 7.24. The predicted octanol–water partition coefficient (Wildman–Crippen LogP) is 2.82. The lowest BCUT2D eigenvalue weighted by Gasteiger charge is -2.07. The minimum absolute atomic E-state index is 0.123. The Labute approximate surface area is 127 Å². The zero-order chi connectivity index (χ0) is 15.7. The van der Waals surface area contributed by atoms with Gasteiger partial charge in [-0.1, -0.05) is 13.3 Å². The number of hydrogen-bond acceptors (Lipinski definition) is 3. The van der Waals surface area contributed by atoms with Crippen LogP contribution in [0.2, 0.25) is 0 Å². The third-order valence-electron chi connectivity index (χ3n) is 3.68. The van der Waals surface area contributed by atoms with Gasteiger partial charge in [0.2, 0.25) is 0 Å². The first-order chi connectivity index (χ1) is 10.6. The van der Waals surface area contributed by atoms with Crippen LogP contribution in [0.1, 0.15) is 30.3 Å². The molecule has 3 heterocycles. The van der Waals surface area contributed by atoms with Gasteiger partial charge >= 0.3 is 0 Å². The van der Waals surface area contributed by atoms with Gasteiger partial charge in [0.15, 0.2) is 0 Å². The molecule has 0 atom stereocenters. The SMILES string of the molecule is CCCc1cn2cc(-c3cc(C#N)c(=O)[nH]c3C)ccc2n1. The van der Waals surface area contributed by atoms with E-state index in [1.807, 2.05) is 41.9 Å². The summed E-state index contributed by atoms with van der Waals surface area (Å²) in [6.45, 7) is 3.96. The molecule has 110 valence electrons. The van der Waals surface area contributed by atoms with E-state index in [1.54, 1.807) is 6.07 Å². The topological polar surface area (TPSA) is 73.9 Å². The molecule has 3 aromatic rings. The van der Waals surface area contributed by atoms with Crippen LogP contribution < -0.4 is 5.56 Å². The van der Waals surface area contributed by atoms with E-state index >= 15 is 0 Å². The quantitative estimate of drug-likeness (QED) is 0.806. The molecule has 5 heteroatoms. The highest BCUT2D eigenvalue weighted by molar-refractivity contribution is 5.68. The number of nitrogens with one attached hydrogen (secondary N) is 1. The Bertz CT molecular complexity index is 943. The van der Waals surface area contributed by atoms with Gasteiger partial charge in [-0.15, -0.1) is 0 Å². The number of aromatic nitrogens is 3. The van der Waals surface area contributed by atoms with Crippen LogP contribution in [-0.2, 0) is 6.42 Å². The van der Waals surface area contributed by atoms with Gasteiger partial charge < -0.3 is 9.38 Å². The molecule has 3 aromatic heterocycles. The molecular formula is C17H16N4O. The zero-order valence-corrected chi connectivity index (χ0v) is 12.6. The molecule has 22 heavy (non-hydrogen) atoms. The van der Waals surface area contributed by atoms with E-state index in [2.05, 4.69) is 16.9 Å². The van der Waals surface area contributed by atoms with Gasteiger partial charge in [0.1, 0.15) is 17.3 Å². The average Bonchev–Trinajstić information content (AvgIpc) is 2.89. The van der Waals surface area contributed by atoms with E-state index in [4.69, 9.17) is 5.26 Å². The van der Waals surface area contributed by atoms with E-state index < -0.39 is 0 Å². The van der Waals surface area contributed by atoms with Gasteiger partial charge in [-0.05, 0) is 31.5 Å². The number of rotatable bonds is 3. The van der Waals surface area contributed by atoms with Gasteiger partial charge in [-0.2, -0.15) is 5.26 Å². The molecule has 0 spiro atoms. The van der Waals surface area contributed by atoms with Crippen molar-refractivity contribution in [3.8, 4) is 17.2 Å². The third kappa shape index (κ3) is 2.40. The molecule has 0 fully saturated rings. The Morgan fingerprint density at radius 3 is 2.91 bits per heavy atom. The monoisotopic (exact) mass is 292 g/mol. The van der Waals surface area contributed by atoms with Crippen molar-refractivity contribution >= 4 is 5.65 Å². The molecule has 0 aromatic carbocycles. The summed E-state index contributed by atoms with van der Waals surface area (Å²) in [6, 6.07) is 7.47. The summed E-state index contributed by atoms with van der Waals surface area (Å²) in [5, 5.41) is 9.03. The summed E-state index contributed by atoms with van der Waals surface area (Å²) in [5.74, 6) is 0. The summed E-state index contributed by atoms with van der Waals surface area (Å²) in [6.07, 6.45) is 6.01. The Kier molecular flexibility index (Phi) is 3.51. The van der Waals surface area contributed by atoms with Gasteiger partial charge in [-0.25, -0.2) is 4.98 Å². The minimum atomic E-state index is -0.349. The molecule has 0 radical (unpaired) electrons. The van der Waals surface area contributed by atoms with E-state index in [0.717, 1.165) is 41.0 Å². The highest BCUT2D eigenvalue weighted by Crippen LogP contribution is 2.23. The second-order valence-corrected chi connectivity index (χ2v) is 5.33. The lowest BCUT2D eigenvalue weighted by molar-refractivity contribution is 0.894. The maximum absolute atomic E-state index is 11.6. The highest BCUT2D eigenvalue weighted by atomic mass is 16.1. The fourth-order valence-corrected chi connectivity index (χ4v) is 2.59. The molecule has 0 amide bonds. The van der Waals surface area contributed by atoms with Crippen LogP contribution in [0.25, 0.3) is 16.8 Å². The number of aryl methyl sites for hydroxylation is 2. The van der Waals surface area contributed by atoms with Crippen LogP contribution in [0.4, 0.5) is 0 Å². The summed E-state index contributed by atoms with van der Waals surface area (Å²) < 4.78 is 1.98. The molecule has 0 aliphatic carbocycles. The van der Waals surface area contributed by atoms with Crippen LogP contribution in [0.5, 0.6) is 0 Å². The number of aromatic amines is 1. The fourth-order valence-electron chi connectivity index (χ4n) is 2.59. The maximum Gasteiger partial charge on any atom is 0.266 e. The number of hydrogen-bond donors (Lipinski definition) is 1. The number of H-pyrrole nitrogens is 1. The maximum atomic E-state index is 11.6. The lowest BCUT2D eigenvalue weighted by Crippen LogP contribution is -2.12.